The second-order valence-electron chi connectivity index (χ2n) is 8.56. The maximum Gasteiger partial charge on any atom is 0.236 e. The van der Waals surface area contributed by atoms with Crippen LogP contribution in [0, 0.1) is 17.1 Å². The molecule has 3 heterocycles. The number of hydrogen-bond donors (Lipinski definition) is 0. The van der Waals surface area contributed by atoms with Crippen LogP contribution in [-0.4, -0.2) is 45.4 Å². The lowest BCUT2D eigenvalue weighted by atomic mass is 9.97. The molecule has 0 aliphatic carbocycles. The average molecular weight is 516 g/mol. The fraction of sp³-hybridized carbons (Fsp3) is 0.310. The number of piperidine rings is 1. The molecule has 1 aliphatic rings. The summed E-state index contributed by atoms with van der Waals surface area (Å²) in [7, 11) is 1.41. The molecule has 0 radical (unpaired) electrons. The van der Waals surface area contributed by atoms with Gasteiger partial charge in [0, 0.05) is 37.0 Å². The van der Waals surface area contributed by atoms with Crippen LogP contribution in [0.1, 0.15) is 44.9 Å². The van der Waals surface area contributed by atoms with Crippen LogP contribution in [0.25, 0.3) is 16.8 Å². The Bertz CT molecular complexity index is 1450. The summed E-state index contributed by atoms with van der Waals surface area (Å²) in [6.45, 7) is 5.18. The Kier molecular flexibility index (Phi) is 8.54. The molecule has 1 amide bonds. The maximum atomic E-state index is 14.5. The third-order valence-electron chi connectivity index (χ3n) is 6.35. The van der Waals surface area contributed by atoms with E-state index in [1.807, 2.05) is 42.6 Å². The second kappa shape index (κ2) is 12.2. The molecule has 8 nitrogen and oxygen atoms in total. The first-order chi connectivity index (χ1) is 18.6. The number of nitrogens with zero attached hydrogens (tertiary/aromatic N) is 5. The zero-order valence-electron chi connectivity index (χ0n) is 21.7. The molecular weight excluding hydrogens is 485 g/mol. The largest absolute Gasteiger partial charge is 0.494 e. The van der Waals surface area contributed by atoms with Crippen molar-refractivity contribution in [2.45, 2.75) is 39.0 Å². The number of carbonyl (C=O) groups excluding carboxylic acids is 1. The fourth-order valence-corrected chi connectivity index (χ4v) is 4.59. The third-order valence-corrected chi connectivity index (χ3v) is 6.35. The van der Waals surface area contributed by atoms with Crippen molar-refractivity contribution >= 4 is 11.4 Å². The quantitative estimate of drug-likeness (QED) is 0.314. The molecule has 5 rings (SSSR count). The molecule has 0 N–H and O–H groups in total. The smallest absolute Gasteiger partial charge is 0.236 e. The van der Waals surface area contributed by atoms with Gasteiger partial charge in [0.15, 0.2) is 11.5 Å². The SMILES string of the molecule is CC.COc1cccc(Oc2ccc(-c3nc(C4CCCN(C(=O)CC#N)C4)n4ccncc34)cc2)c1F. The van der Waals surface area contributed by atoms with Crippen molar-refractivity contribution in [2.24, 2.45) is 0 Å². The van der Waals surface area contributed by atoms with Gasteiger partial charge in [-0.3, -0.25) is 14.2 Å². The normalized spacial score (nSPS) is 14.8. The first-order valence-corrected chi connectivity index (χ1v) is 12.7. The van der Waals surface area contributed by atoms with Crippen LogP contribution < -0.4 is 9.47 Å². The topological polar surface area (TPSA) is 92.8 Å². The van der Waals surface area contributed by atoms with Crippen molar-refractivity contribution < 1.29 is 18.7 Å². The lowest BCUT2D eigenvalue weighted by molar-refractivity contribution is -0.131. The summed E-state index contributed by atoms with van der Waals surface area (Å²) in [5.74, 6) is 0.867. The number of halogens is 1. The number of benzene rings is 2. The highest BCUT2D eigenvalue weighted by molar-refractivity contribution is 5.79. The molecule has 1 atom stereocenters. The summed E-state index contributed by atoms with van der Waals surface area (Å²) in [5.41, 5.74) is 2.47. The Hall–Kier alpha value is -4.45. The molecule has 4 aromatic rings. The summed E-state index contributed by atoms with van der Waals surface area (Å²) in [4.78, 5) is 23.3. The first kappa shape index (κ1) is 26.6. The number of aromatic nitrogens is 3. The number of amides is 1. The summed E-state index contributed by atoms with van der Waals surface area (Å²) in [5, 5.41) is 8.91. The lowest BCUT2D eigenvalue weighted by Gasteiger charge is -2.31. The molecular formula is C29H30FN5O3. The van der Waals surface area contributed by atoms with E-state index in [0.29, 0.717) is 18.8 Å². The molecule has 2 aromatic carbocycles. The summed E-state index contributed by atoms with van der Waals surface area (Å²) >= 11 is 0. The van der Waals surface area contributed by atoms with Crippen LogP contribution >= 0.6 is 0 Å². The van der Waals surface area contributed by atoms with Crippen molar-refractivity contribution in [3.05, 3.63) is 72.7 Å². The van der Waals surface area contributed by atoms with Gasteiger partial charge in [-0.15, -0.1) is 0 Å². The van der Waals surface area contributed by atoms with E-state index in [4.69, 9.17) is 19.7 Å². The van der Waals surface area contributed by atoms with Crippen molar-refractivity contribution in [3.63, 3.8) is 0 Å². The molecule has 0 saturated carbocycles. The van der Waals surface area contributed by atoms with E-state index in [2.05, 4.69) is 4.98 Å². The highest BCUT2D eigenvalue weighted by atomic mass is 19.1. The Morgan fingerprint density at radius 3 is 2.68 bits per heavy atom. The van der Waals surface area contributed by atoms with Crippen LogP contribution in [0.15, 0.2) is 61.1 Å². The van der Waals surface area contributed by atoms with Gasteiger partial charge in [0.1, 0.15) is 18.0 Å². The average Bonchev–Trinajstić information content (AvgIpc) is 3.36. The second-order valence-corrected chi connectivity index (χ2v) is 8.56. The van der Waals surface area contributed by atoms with E-state index in [-0.39, 0.29) is 29.7 Å². The van der Waals surface area contributed by atoms with Crippen molar-refractivity contribution in [3.8, 4) is 34.6 Å². The van der Waals surface area contributed by atoms with Gasteiger partial charge in [0.2, 0.25) is 11.7 Å². The molecule has 2 aromatic heterocycles. The van der Waals surface area contributed by atoms with E-state index in [0.717, 1.165) is 35.4 Å². The molecule has 0 spiro atoms. The number of methoxy groups -OCH3 is 1. The number of fused-ring (bicyclic) bond motifs is 1. The molecule has 38 heavy (non-hydrogen) atoms. The van der Waals surface area contributed by atoms with E-state index >= 15 is 0 Å². The number of rotatable bonds is 6. The van der Waals surface area contributed by atoms with Crippen LogP contribution in [0.3, 0.4) is 0 Å². The highest BCUT2D eigenvalue weighted by Gasteiger charge is 2.28. The number of hydrogen-bond acceptors (Lipinski definition) is 6. The van der Waals surface area contributed by atoms with Crippen molar-refractivity contribution in [1.82, 2.24) is 19.3 Å². The lowest BCUT2D eigenvalue weighted by Crippen LogP contribution is -2.39. The Balaban J connectivity index is 0.00000164. The van der Waals surface area contributed by atoms with Crippen molar-refractivity contribution in [2.75, 3.05) is 20.2 Å². The molecule has 1 aliphatic heterocycles. The van der Waals surface area contributed by atoms with Gasteiger partial charge >= 0.3 is 0 Å². The molecule has 1 unspecified atom stereocenters. The standard InChI is InChI=1S/C27H24FN5O3.C2H6/c1-35-22-5-2-6-23(25(22)28)36-20-9-7-18(8-10-20)26-21-16-30-13-15-33(21)27(31-26)19-4-3-14-32(17-19)24(34)11-12-29;1-2/h2,5-10,13,15-16,19H,3-4,11,14,17H2,1H3;1-2H3. The van der Waals surface area contributed by atoms with Crippen LogP contribution in [0.2, 0.25) is 0 Å². The molecule has 1 fully saturated rings. The predicted molar refractivity (Wildman–Crippen MR) is 142 cm³/mol. The number of carbonyl (C=O) groups is 1. The van der Waals surface area contributed by atoms with Gasteiger partial charge in [-0.2, -0.15) is 9.65 Å². The summed E-state index contributed by atoms with van der Waals surface area (Å²) < 4.78 is 27.2. The van der Waals surface area contributed by atoms with E-state index < -0.39 is 5.82 Å². The molecule has 0 bridgehead atoms. The minimum absolute atomic E-state index is 0.0451. The van der Waals surface area contributed by atoms with Gasteiger partial charge in [0.05, 0.1) is 30.6 Å². The van der Waals surface area contributed by atoms with Crippen LogP contribution in [0.5, 0.6) is 17.2 Å². The Morgan fingerprint density at radius 1 is 1.18 bits per heavy atom. The minimum atomic E-state index is -0.560. The van der Waals surface area contributed by atoms with Gasteiger partial charge in [-0.25, -0.2) is 4.98 Å². The number of imidazole rings is 1. The van der Waals surface area contributed by atoms with Gasteiger partial charge in [-0.1, -0.05) is 19.9 Å². The van der Waals surface area contributed by atoms with E-state index in [1.54, 1.807) is 41.6 Å². The predicted octanol–water partition coefficient (Wildman–Crippen LogP) is 5.98. The van der Waals surface area contributed by atoms with Crippen molar-refractivity contribution in [1.29, 1.82) is 5.26 Å². The summed E-state index contributed by atoms with van der Waals surface area (Å²) in [6, 6.07) is 14.0. The monoisotopic (exact) mass is 515 g/mol. The molecule has 1 saturated heterocycles. The number of ether oxygens (including phenoxy) is 2. The Labute approximate surface area is 221 Å². The van der Waals surface area contributed by atoms with E-state index in [1.165, 1.54) is 13.2 Å². The number of nitriles is 1. The molecule has 196 valence electrons. The van der Waals surface area contributed by atoms with Gasteiger partial charge in [-0.05, 0) is 49.2 Å². The fourth-order valence-electron chi connectivity index (χ4n) is 4.59. The zero-order valence-corrected chi connectivity index (χ0v) is 21.7. The maximum absolute atomic E-state index is 14.5. The third kappa shape index (κ3) is 5.44. The van der Waals surface area contributed by atoms with Crippen LogP contribution in [0.4, 0.5) is 4.39 Å². The Morgan fingerprint density at radius 2 is 1.95 bits per heavy atom. The minimum Gasteiger partial charge on any atom is -0.494 e. The van der Waals surface area contributed by atoms with E-state index in [9.17, 15) is 9.18 Å². The number of likely N-dealkylation sites (tertiary alicyclic amines) is 1. The van der Waals surface area contributed by atoms with Crippen LogP contribution in [-0.2, 0) is 4.79 Å². The highest BCUT2D eigenvalue weighted by Crippen LogP contribution is 2.34. The zero-order chi connectivity index (χ0) is 27.1. The molecule has 9 heteroatoms. The summed E-state index contributed by atoms with van der Waals surface area (Å²) in [6.07, 6.45) is 6.99. The first-order valence-electron chi connectivity index (χ1n) is 12.7. The van der Waals surface area contributed by atoms with Gasteiger partial charge in [0.25, 0.3) is 0 Å². The van der Waals surface area contributed by atoms with Gasteiger partial charge < -0.3 is 14.4 Å².